The van der Waals surface area contributed by atoms with Gasteiger partial charge >= 0.3 is 0 Å². The molecule has 2 rings (SSSR count). The first kappa shape index (κ1) is 15.0. The predicted octanol–water partition coefficient (Wildman–Crippen LogP) is 1.98. The Morgan fingerprint density at radius 1 is 1.40 bits per heavy atom. The fourth-order valence-electron chi connectivity index (χ4n) is 2.80. The molecular weight excluding hydrogens is 248 g/mol. The number of nitrogens with one attached hydrogen (secondary N) is 1. The van der Waals surface area contributed by atoms with Crippen molar-refractivity contribution in [2.24, 2.45) is 5.92 Å². The number of hydrogen-bond acceptors (Lipinski definition) is 3. The van der Waals surface area contributed by atoms with Crippen LogP contribution in [0.25, 0.3) is 0 Å². The maximum absolute atomic E-state index is 4.47. The quantitative estimate of drug-likeness (QED) is 0.736. The van der Waals surface area contributed by atoms with E-state index in [0.717, 1.165) is 37.8 Å². The van der Waals surface area contributed by atoms with Gasteiger partial charge in [0.05, 0.1) is 12.2 Å². The van der Waals surface area contributed by atoms with Crippen LogP contribution in [0.2, 0.25) is 0 Å². The van der Waals surface area contributed by atoms with E-state index in [2.05, 4.69) is 41.6 Å². The van der Waals surface area contributed by atoms with Gasteiger partial charge in [-0.15, -0.1) is 13.2 Å². The van der Waals surface area contributed by atoms with Crippen LogP contribution in [0.4, 0.5) is 0 Å². The first-order valence-electron chi connectivity index (χ1n) is 7.40. The van der Waals surface area contributed by atoms with Crippen molar-refractivity contribution in [3.8, 4) is 0 Å². The number of hydrogen-bond donors (Lipinski definition) is 1. The number of allylic oxidation sites excluding steroid dienone is 1. The summed E-state index contributed by atoms with van der Waals surface area (Å²) in [5.74, 6) is 0.762. The smallest absolute Gasteiger partial charge is 0.0638 e. The molecule has 1 N–H and O–H groups in total. The van der Waals surface area contributed by atoms with E-state index in [1.807, 2.05) is 16.8 Å². The lowest BCUT2D eigenvalue weighted by Gasteiger charge is -2.13. The molecule has 4 heteroatoms. The Morgan fingerprint density at radius 3 is 2.95 bits per heavy atom. The van der Waals surface area contributed by atoms with Gasteiger partial charge in [0, 0.05) is 31.4 Å². The lowest BCUT2D eigenvalue weighted by atomic mass is 10.1. The van der Waals surface area contributed by atoms with E-state index in [0.29, 0.717) is 0 Å². The molecular formula is C16H26N4. The summed E-state index contributed by atoms with van der Waals surface area (Å²) in [6.07, 6.45) is 7.27. The number of rotatable bonds is 8. The Kier molecular flexibility index (Phi) is 5.56. The van der Waals surface area contributed by atoms with Crippen LogP contribution >= 0.6 is 0 Å². The van der Waals surface area contributed by atoms with Crippen LogP contribution in [0, 0.1) is 12.8 Å². The molecule has 20 heavy (non-hydrogen) atoms. The SMILES string of the molecule is C=CCN1CCC(CNCc2cn(CC=C)nc2C)C1. The van der Waals surface area contributed by atoms with Crippen LogP contribution < -0.4 is 5.32 Å². The van der Waals surface area contributed by atoms with Crippen LogP contribution in [0.5, 0.6) is 0 Å². The highest BCUT2D eigenvalue weighted by atomic mass is 15.3. The van der Waals surface area contributed by atoms with Gasteiger partial charge in [-0.1, -0.05) is 12.2 Å². The second-order valence-electron chi connectivity index (χ2n) is 5.58. The molecule has 0 aromatic carbocycles. The van der Waals surface area contributed by atoms with Gasteiger partial charge in [0.2, 0.25) is 0 Å². The molecule has 4 nitrogen and oxygen atoms in total. The van der Waals surface area contributed by atoms with Crippen molar-refractivity contribution >= 4 is 0 Å². The number of aromatic nitrogens is 2. The van der Waals surface area contributed by atoms with Crippen LogP contribution in [0.15, 0.2) is 31.5 Å². The van der Waals surface area contributed by atoms with Gasteiger partial charge in [0.15, 0.2) is 0 Å². The Balaban J connectivity index is 1.73. The summed E-state index contributed by atoms with van der Waals surface area (Å²) in [7, 11) is 0. The number of likely N-dealkylation sites (tertiary alicyclic amines) is 1. The maximum Gasteiger partial charge on any atom is 0.0638 e. The maximum atomic E-state index is 4.47. The average molecular weight is 274 g/mol. The van der Waals surface area contributed by atoms with Gasteiger partial charge in [-0.25, -0.2) is 0 Å². The molecule has 1 unspecified atom stereocenters. The highest BCUT2D eigenvalue weighted by molar-refractivity contribution is 5.15. The lowest BCUT2D eigenvalue weighted by Crippen LogP contribution is -2.26. The van der Waals surface area contributed by atoms with E-state index in [1.54, 1.807) is 0 Å². The lowest BCUT2D eigenvalue weighted by molar-refractivity contribution is 0.355. The zero-order valence-electron chi connectivity index (χ0n) is 12.5. The molecule has 1 aromatic heterocycles. The minimum Gasteiger partial charge on any atom is -0.312 e. The molecule has 0 saturated carbocycles. The van der Waals surface area contributed by atoms with E-state index in [1.165, 1.54) is 25.1 Å². The second-order valence-corrected chi connectivity index (χ2v) is 5.58. The molecule has 0 amide bonds. The Labute approximate surface area is 122 Å². The van der Waals surface area contributed by atoms with Crippen molar-refractivity contribution in [2.75, 3.05) is 26.2 Å². The molecule has 1 aromatic rings. The zero-order valence-corrected chi connectivity index (χ0v) is 12.5. The van der Waals surface area contributed by atoms with Gasteiger partial charge in [-0.3, -0.25) is 9.58 Å². The van der Waals surface area contributed by atoms with Gasteiger partial charge in [-0.05, 0) is 32.4 Å². The molecule has 0 spiro atoms. The van der Waals surface area contributed by atoms with Crippen molar-refractivity contribution in [1.82, 2.24) is 20.0 Å². The fourth-order valence-corrected chi connectivity index (χ4v) is 2.80. The van der Waals surface area contributed by atoms with E-state index < -0.39 is 0 Å². The highest BCUT2D eigenvalue weighted by Gasteiger charge is 2.20. The monoisotopic (exact) mass is 274 g/mol. The normalized spacial score (nSPS) is 19.4. The largest absolute Gasteiger partial charge is 0.312 e. The second kappa shape index (κ2) is 7.41. The van der Waals surface area contributed by atoms with Crippen molar-refractivity contribution in [2.45, 2.75) is 26.4 Å². The van der Waals surface area contributed by atoms with Crippen LogP contribution in [-0.4, -0.2) is 40.9 Å². The van der Waals surface area contributed by atoms with Crippen LogP contribution in [-0.2, 0) is 13.1 Å². The Morgan fingerprint density at radius 2 is 2.20 bits per heavy atom. The van der Waals surface area contributed by atoms with E-state index in [9.17, 15) is 0 Å². The summed E-state index contributed by atoms with van der Waals surface area (Å²) in [4.78, 5) is 2.46. The Hall–Kier alpha value is -1.39. The fraction of sp³-hybridized carbons (Fsp3) is 0.562. The minimum atomic E-state index is 0.762. The van der Waals surface area contributed by atoms with Crippen molar-refractivity contribution < 1.29 is 0 Å². The van der Waals surface area contributed by atoms with Crippen LogP contribution in [0.3, 0.4) is 0 Å². The number of aryl methyl sites for hydroxylation is 1. The van der Waals surface area contributed by atoms with Gasteiger partial charge < -0.3 is 5.32 Å². The van der Waals surface area contributed by atoms with Crippen molar-refractivity contribution in [3.63, 3.8) is 0 Å². The standard InChI is InChI=1S/C16H26N4/c1-4-7-19-9-6-15(12-19)10-17-11-16-13-20(8-5-2)18-14(16)3/h4-5,13,15,17H,1-2,6-12H2,3H3. The van der Waals surface area contributed by atoms with Gasteiger partial charge in [0.25, 0.3) is 0 Å². The van der Waals surface area contributed by atoms with Crippen molar-refractivity contribution in [1.29, 1.82) is 0 Å². The molecule has 1 fully saturated rings. The first-order valence-corrected chi connectivity index (χ1v) is 7.40. The molecule has 110 valence electrons. The molecule has 0 radical (unpaired) electrons. The highest BCUT2D eigenvalue weighted by Crippen LogP contribution is 2.15. The molecule has 0 aliphatic carbocycles. The third kappa shape index (κ3) is 4.05. The van der Waals surface area contributed by atoms with E-state index >= 15 is 0 Å². The number of nitrogens with zero attached hydrogens (tertiary/aromatic N) is 3. The summed E-state index contributed by atoms with van der Waals surface area (Å²) in [5.41, 5.74) is 2.40. The third-order valence-corrected chi connectivity index (χ3v) is 3.87. The van der Waals surface area contributed by atoms with Gasteiger partial charge in [0.1, 0.15) is 0 Å². The van der Waals surface area contributed by atoms with Crippen molar-refractivity contribution in [3.05, 3.63) is 42.8 Å². The van der Waals surface area contributed by atoms with Crippen LogP contribution in [0.1, 0.15) is 17.7 Å². The molecule has 1 saturated heterocycles. The molecule has 1 aliphatic rings. The summed E-state index contributed by atoms with van der Waals surface area (Å²) >= 11 is 0. The average Bonchev–Trinajstić information content (AvgIpc) is 2.99. The predicted molar refractivity (Wildman–Crippen MR) is 83.6 cm³/mol. The summed E-state index contributed by atoms with van der Waals surface area (Å²) in [5, 5.41) is 8.04. The summed E-state index contributed by atoms with van der Waals surface area (Å²) < 4.78 is 1.95. The zero-order chi connectivity index (χ0) is 14.4. The summed E-state index contributed by atoms with van der Waals surface area (Å²) in [6, 6.07) is 0. The third-order valence-electron chi connectivity index (χ3n) is 3.87. The van der Waals surface area contributed by atoms with E-state index in [-0.39, 0.29) is 0 Å². The molecule has 0 bridgehead atoms. The van der Waals surface area contributed by atoms with E-state index in [4.69, 9.17) is 0 Å². The summed E-state index contributed by atoms with van der Waals surface area (Å²) in [6.45, 7) is 15.8. The molecule has 1 aliphatic heterocycles. The molecule has 1 atom stereocenters. The molecule has 2 heterocycles. The first-order chi connectivity index (χ1) is 9.72. The topological polar surface area (TPSA) is 33.1 Å². The Bertz CT molecular complexity index is 449. The van der Waals surface area contributed by atoms with Gasteiger partial charge in [-0.2, -0.15) is 5.10 Å². The minimum absolute atomic E-state index is 0.762.